The molecule has 0 bridgehead atoms. The second-order valence-electron chi connectivity index (χ2n) is 8.29. The average molecular weight is 534 g/mol. The largest absolute Gasteiger partial charge is 0.424 e. The van der Waals surface area contributed by atoms with E-state index >= 15 is 0 Å². The van der Waals surface area contributed by atoms with Gasteiger partial charge in [-0.05, 0) is 25.8 Å². The van der Waals surface area contributed by atoms with Crippen LogP contribution in [0, 0.1) is 0 Å². The zero-order valence-electron chi connectivity index (χ0n) is 19.4. The van der Waals surface area contributed by atoms with Crippen LogP contribution in [0.4, 0.5) is 11.1 Å². The Balaban J connectivity index is 1.28. The van der Waals surface area contributed by atoms with Crippen molar-refractivity contribution in [1.29, 1.82) is 0 Å². The third kappa shape index (κ3) is 4.63. The summed E-state index contributed by atoms with van der Waals surface area (Å²) in [5.41, 5.74) is 3.02. The van der Waals surface area contributed by atoms with E-state index in [9.17, 15) is 4.79 Å². The van der Waals surface area contributed by atoms with Gasteiger partial charge in [0, 0.05) is 11.3 Å². The fourth-order valence-electron chi connectivity index (χ4n) is 4.08. The molecule has 1 amide bonds. The summed E-state index contributed by atoms with van der Waals surface area (Å²) in [5.74, 6) is -0.0411. The van der Waals surface area contributed by atoms with E-state index in [0.29, 0.717) is 44.1 Å². The number of allylic oxidation sites excluding steroid dienone is 1. The molecule has 186 valence electrons. The number of hydrogen-bond acceptors (Lipinski definition) is 10. The fraction of sp³-hybridized carbons (Fsp3) is 0.167. The first-order valence-corrected chi connectivity index (χ1v) is 12.6. The molecule has 37 heavy (non-hydrogen) atoms. The Morgan fingerprint density at radius 1 is 1.19 bits per heavy atom. The van der Waals surface area contributed by atoms with Crippen molar-refractivity contribution in [2.75, 3.05) is 10.6 Å². The number of aromatic nitrogens is 5. The number of rotatable bonds is 5. The van der Waals surface area contributed by atoms with Gasteiger partial charge in [-0.3, -0.25) is 20.5 Å². The van der Waals surface area contributed by atoms with E-state index in [4.69, 9.17) is 21.0 Å². The maximum atomic E-state index is 13.5. The van der Waals surface area contributed by atoms with E-state index in [0.717, 1.165) is 29.2 Å². The van der Waals surface area contributed by atoms with Gasteiger partial charge in [0.15, 0.2) is 5.42 Å². The van der Waals surface area contributed by atoms with Gasteiger partial charge in [-0.2, -0.15) is 10.1 Å². The molecule has 4 N–H and O–H groups in total. The first kappa shape index (κ1) is 23.1. The second-order valence-corrected chi connectivity index (χ2v) is 9.67. The van der Waals surface area contributed by atoms with Crippen LogP contribution in [-0.4, -0.2) is 37.2 Å². The molecule has 3 aromatic heterocycles. The molecule has 0 spiro atoms. The van der Waals surface area contributed by atoms with Crippen LogP contribution in [0.2, 0.25) is 5.02 Å². The Kier molecular flexibility index (Phi) is 6.02. The number of carbonyl (C=O) groups excluding carboxylic acids is 1. The quantitative estimate of drug-likeness (QED) is 0.306. The third-order valence-electron chi connectivity index (χ3n) is 5.79. The van der Waals surface area contributed by atoms with E-state index in [-0.39, 0.29) is 0 Å². The molecule has 1 aliphatic carbocycles. The smallest absolute Gasteiger partial charge is 0.302 e. The van der Waals surface area contributed by atoms with Gasteiger partial charge < -0.3 is 9.73 Å². The molecule has 4 heterocycles. The van der Waals surface area contributed by atoms with Gasteiger partial charge in [-0.25, -0.2) is 4.99 Å². The lowest BCUT2D eigenvalue weighted by molar-refractivity contribution is -0.113. The zero-order chi connectivity index (χ0) is 25.4. The maximum Gasteiger partial charge on any atom is 0.302 e. The molecule has 11 nitrogen and oxygen atoms in total. The number of halogens is 1. The predicted molar refractivity (Wildman–Crippen MR) is 141 cm³/mol. The number of H-pyrrole nitrogens is 1. The molecule has 6 rings (SSSR count). The van der Waals surface area contributed by atoms with Crippen LogP contribution in [0.5, 0.6) is 0 Å². The molecular formula is C24H20ClN9O2S. The van der Waals surface area contributed by atoms with Gasteiger partial charge >= 0.3 is 6.01 Å². The number of carbonyl (C=O) groups is 1. The lowest BCUT2D eigenvalue weighted by Gasteiger charge is -2.25. The van der Waals surface area contributed by atoms with Crippen molar-refractivity contribution < 1.29 is 9.21 Å². The third-order valence-corrected chi connectivity index (χ3v) is 6.98. The minimum absolute atomic E-state index is 0.295. The maximum absolute atomic E-state index is 13.5. The monoisotopic (exact) mass is 533 g/mol. The van der Waals surface area contributed by atoms with E-state index in [1.54, 1.807) is 6.92 Å². The summed E-state index contributed by atoms with van der Waals surface area (Å²) in [6.07, 6.45) is 7.32. The zero-order valence-corrected chi connectivity index (χ0v) is 21.0. The molecule has 1 aliphatic heterocycles. The van der Waals surface area contributed by atoms with Crippen LogP contribution in [0.3, 0.4) is 0 Å². The molecular weight excluding hydrogens is 514 g/mol. The van der Waals surface area contributed by atoms with Gasteiger partial charge in [0.05, 0.1) is 22.5 Å². The number of anilines is 2. The van der Waals surface area contributed by atoms with Gasteiger partial charge in [0.2, 0.25) is 11.1 Å². The summed E-state index contributed by atoms with van der Waals surface area (Å²) in [6, 6.07) is 9.15. The topological polar surface area (TPSA) is 146 Å². The minimum atomic E-state index is -0.775. The second kappa shape index (κ2) is 9.64. The highest BCUT2D eigenvalue weighted by Crippen LogP contribution is 2.34. The SMILES string of the molecule is CC1=C(C(=O)Nc2nnc(-c3ccccc3)s2)C(c2[nH]ncc2Cl)N=C(Nc2nc3c(o2)=CCCC=3)N1. The van der Waals surface area contributed by atoms with Crippen molar-refractivity contribution in [2.45, 2.75) is 25.8 Å². The van der Waals surface area contributed by atoms with Gasteiger partial charge in [-0.1, -0.05) is 59.3 Å². The Labute approximate surface area is 219 Å². The lowest BCUT2D eigenvalue weighted by atomic mass is 10.00. The highest BCUT2D eigenvalue weighted by molar-refractivity contribution is 7.18. The van der Waals surface area contributed by atoms with Crippen LogP contribution < -0.4 is 26.7 Å². The Morgan fingerprint density at radius 2 is 2.03 bits per heavy atom. The number of nitrogens with one attached hydrogen (secondary N) is 4. The van der Waals surface area contributed by atoms with E-state index < -0.39 is 11.9 Å². The van der Waals surface area contributed by atoms with Crippen LogP contribution >= 0.6 is 22.9 Å². The van der Waals surface area contributed by atoms with Crippen molar-refractivity contribution >= 4 is 58.1 Å². The molecule has 1 unspecified atom stereocenters. The summed E-state index contributed by atoms with van der Waals surface area (Å²) in [4.78, 5) is 22.6. The van der Waals surface area contributed by atoms with Crippen LogP contribution in [0.1, 0.15) is 31.5 Å². The molecule has 0 radical (unpaired) electrons. The normalized spacial score (nSPS) is 16.7. The Hall–Kier alpha value is -4.29. The first-order chi connectivity index (χ1) is 18.0. The number of benzene rings is 1. The highest BCUT2D eigenvalue weighted by Gasteiger charge is 2.32. The summed E-state index contributed by atoms with van der Waals surface area (Å²) < 4.78 is 5.80. The Bertz CT molecular complexity index is 1640. The van der Waals surface area contributed by atoms with E-state index in [1.165, 1.54) is 17.5 Å². The van der Waals surface area contributed by atoms with Crippen molar-refractivity contribution in [2.24, 2.45) is 4.99 Å². The number of hydrogen-bond donors (Lipinski definition) is 4. The van der Waals surface area contributed by atoms with Crippen LogP contribution in [0.25, 0.3) is 22.7 Å². The summed E-state index contributed by atoms with van der Waals surface area (Å²) in [5, 5.41) is 26.4. The van der Waals surface area contributed by atoms with Crippen molar-refractivity contribution in [3.05, 3.63) is 69.3 Å². The summed E-state index contributed by atoms with van der Waals surface area (Å²) in [6.45, 7) is 1.78. The molecule has 2 aliphatic rings. The molecule has 1 atom stereocenters. The van der Waals surface area contributed by atoms with Crippen LogP contribution in [-0.2, 0) is 4.79 Å². The summed E-state index contributed by atoms with van der Waals surface area (Å²) in [7, 11) is 0. The number of nitrogens with zero attached hydrogens (tertiary/aromatic N) is 5. The number of aliphatic imine (C=N–C) groups is 1. The number of guanidine groups is 1. The van der Waals surface area contributed by atoms with Gasteiger partial charge in [-0.15, -0.1) is 10.2 Å². The number of oxazole rings is 1. The first-order valence-electron chi connectivity index (χ1n) is 11.4. The Morgan fingerprint density at radius 3 is 2.81 bits per heavy atom. The van der Waals surface area contributed by atoms with Crippen molar-refractivity contribution in [1.82, 2.24) is 30.7 Å². The standard InChI is InChI=1S/C24H20ClN9O2S/c1-12-17(20(35)30-24-34-33-21(37-24)13-7-3-2-4-8-13)19(18-14(25)11-26-32-18)29-22(27-12)31-23-28-15-9-5-6-10-16(15)36-23/h2-4,7-11,19H,5-6H2,1H3,(H,26,32)(H,30,34,35)(H2,27,28,29,31). The summed E-state index contributed by atoms with van der Waals surface area (Å²) >= 11 is 7.66. The van der Waals surface area contributed by atoms with Crippen molar-refractivity contribution in [3.63, 3.8) is 0 Å². The minimum Gasteiger partial charge on any atom is -0.424 e. The molecule has 0 saturated carbocycles. The van der Waals surface area contributed by atoms with Crippen molar-refractivity contribution in [3.8, 4) is 10.6 Å². The number of fused-ring (bicyclic) bond motifs is 1. The molecule has 1 aromatic carbocycles. The van der Waals surface area contributed by atoms with E-state index in [2.05, 4.69) is 41.3 Å². The molecule has 13 heteroatoms. The molecule has 0 fully saturated rings. The average Bonchev–Trinajstić information content (AvgIpc) is 3.63. The van der Waals surface area contributed by atoms with Gasteiger partial charge in [0.25, 0.3) is 5.91 Å². The van der Waals surface area contributed by atoms with Crippen LogP contribution in [0.15, 0.2) is 57.2 Å². The van der Waals surface area contributed by atoms with Gasteiger partial charge in [0.1, 0.15) is 16.4 Å². The van der Waals surface area contributed by atoms with E-state index in [1.807, 2.05) is 42.5 Å². The molecule has 4 aromatic rings. The molecule has 0 saturated heterocycles. The highest BCUT2D eigenvalue weighted by atomic mass is 35.5. The fourth-order valence-corrected chi connectivity index (χ4v) is 5.02. The number of aromatic amines is 1. The number of amides is 1. The predicted octanol–water partition coefficient (Wildman–Crippen LogP) is 2.95. The lowest BCUT2D eigenvalue weighted by Crippen LogP contribution is -2.37.